The minimum atomic E-state index is -0.142. The first-order valence-corrected chi connectivity index (χ1v) is 6.72. The number of hydrogen-bond donors (Lipinski definition) is 1. The number of anilines is 2. The topological polar surface area (TPSA) is 36.4 Å². The van der Waals surface area contributed by atoms with Crippen LogP contribution in [0.2, 0.25) is 5.02 Å². The molecule has 1 unspecified atom stereocenters. The lowest BCUT2D eigenvalue weighted by Crippen LogP contribution is -2.25. The van der Waals surface area contributed by atoms with Crippen molar-refractivity contribution in [2.75, 3.05) is 4.90 Å². The van der Waals surface area contributed by atoms with Crippen LogP contribution < -0.4 is 4.90 Å². The Bertz CT molecular complexity index is 615. The van der Waals surface area contributed by atoms with Gasteiger partial charge in [-0.25, -0.2) is 4.98 Å². The number of rotatable bonds is 2. The fraction of sp³-hybridized carbons (Fsp3) is 0.267. The average molecular weight is 275 g/mol. The number of aromatic nitrogens is 1. The van der Waals surface area contributed by atoms with E-state index in [1.54, 1.807) is 6.07 Å². The summed E-state index contributed by atoms with van der Waals surface area (Å²) in [5, 5.41) is 9.79. The lowest BCUT2D eigenvalue weighted by atomic mass is 10.1. The molecule has 0 fully saturated rings. The van der Waals surface area contributed by atoms with Gasteiger partial charge in [-0.3, -0.25) is 0 Å². The van der Waals surface area contributed by atoms with E-state index in [1.165, 1.54) is 11.3 Å². The number of halogens is 1. The van der Waals surface area contributed by atoms with E-state index in [4.69, 9.17) is 11.6 Å². The van der Waals surface area contributed by atoms with Crippen LogP contribution in [0.15, 0.2) is 36.4 Å². The Hall–Kier alpha value is -1.58. The molecule has 2 heterocycles. The van der Waals surface area contributed by atoms with Gasteiger partial charge in [-0.2, -0.15) is 0 Å². The van der Waals surface area contributed by atoms with E-state index in [2.05, 4.69) is 35.0 Å². The highest BCUT2D eigenvalue weighted by atomic mass is 35.5. The monoisotopic (exact) mass is 274 g/mol. The number of nitrogens with zero attached hydrogens (tertiary/aromatic N) is 2. The summed E-state index contributed by atoms with van der Waals surface area (Å²) in [6, 6.07) is 12.4. The van der Waals surface area contributed by atoms with Crippen LogP contribution in [0, 0.1) is 0 Å². The zero-order valence-electron chi connectivity index (χ0n) is 10.7. The molecule has 1 aliphatic rings. The van der Waals surface area contributed by atoms with Crippen molar-refractivity contribution in [3.8, 4) is 0 Å². The first-order valence-electron chi connectivity index (χ1n) is 6.34. The van der Waals surface area contributed by atoms with Gasteiger partial charge in [0.2, 0.25) is 0 Å². The highest BCUT2D eigenvalue weighted by molar-refractivity contribution is 6.31. The minimum Gasteiger partial charge on any atom is -0.390 e. The third-order valence-electron chi connectivity index (χ3n) is 3.51. The minimum absolute atomic E-state index is 0.142. The van der Waals surface area contributed by atoms with E-state index in [1.807, 2.05) is 12.1 Å². The molecule has 0 saturated heterocycles. The molecule has 19 heavy (non-hydrogen) atoms. The summed E-state index contributed by atoms with van der Waals surface area (Å²) in [4.78, 5) is 6.67. The lowest BCUT2D eigenvalue weighted by molar-refractivity contribution is 0.277. The second-order valence-electron chi connectivity index (χ2n) is 4.81. The van der Waals surface area contributed by atoms with Crippen molar-refractivity contribution >= 4 is 23.1 Å². The predicted molar refractivity (Wildman–Crippen MR) is 76.9 cm³/mol. The third kappa shape index (κ3) is 2.09. The maximum absolute atomic E-state index is 9.28. The zero-order valence-corrected chi connectivity index (χ0v) is 11.4. The highest BCUT2D eigenvalue weighted by Gasteiger charge is 2.27. The van der Waals surface area contributed by atoms with Crippen molar-refractivity contribution in [2.24, 2.45) is 0 Å². The van der Waals surface area contributed by atoms with Crippen LogP contribution in [-0.2, 0) is 13.0 Å². The van der Waals surface area contributed by atoms with Crippen LogP contribution in [0.3, 0.4) is 0 Å². The first kappa shape index (κ1) is 12.5. The summed E-state index contributed by atoms with van der Waals surface area (Å²) in [5.41, 5.74) is 3.04. The summed E-state index contributed by atoms with van der Waals surface area (Å²) >= 11 is 6.00. The Balaban J connectivity index is 2.07. The molecule has 0 amide bonds. The number of aliphatic hydroxyl groups is 1. The second-order valence-corrected chi connectivity index (χ2v) is 5.22. The summed E-state index contributed by atoms with van der Waals surface area (Å²) in [6.45, 7) is 2.03. The van der Waals surface area contributed by atoms with Gasteiger partial charge >= 0.3 is 0 Å². The van der Waals surface area contributed by atoms with Crippen LogP contribution in [-0.4, -0.2) is 16.1 Å². The first-order chi connectivity index (χ1) is 9.20. The van der Waals surface area contributed by atoms with Crippen molar-refractivity contribution < 1.29 is 5.11 Å². The van der Waals surface area contributed by atoms with Gasteiger partial charge in [0.25, 0.3) is 0 Å². The molecule has 1 N–H and O–H groups in total. The van der Waals surface area contributed by atoms with Gasteiger partial charge in [0.15, 0.2) is 0 Å². The van der Waals surface area contributed by atoms with Gasteiger partial charge in [-0.1, -0.05) is 29.8 Å². The third-order valence-corrected chi connectivity index (χ3v) is 3.85. The summed E-state index contributed by atoms with van der Waals surface area (Å²) in [7, 11) is 0. The highest BCUT2D eigenvalue weighted by Crippen LogP contribution is 2.37. The molecule has 1 aromatic heterocycles. The van der Waals surface area contributed by atoms with E-state index in [-0.39, 0.29) is 6.61 Å². The van der Waals surface area contributed by atoms with Crippen LogP contribution >= 0.6 is 11.6 Å². The standard InChI is InChI=1S/C15H15ClN2O/c1-10-8-11-4-2-3-5-14(11)18(10)15-7-6-12(16)13(9-19)17-15/h2-7,10,19H,8-9H2,1H3. The van der Waals surface area contributed by atoms with Crippen molar-refractivity contribution in [3.05, 3.63) is 52.7 Å². The van der Waals surface area contributed by atoms with Gasteiger partial charge in [0.05, 0.1) is 17.3 Å². The van der Waals surface area contributed by atoms with Crippen LogP contribution in [0.4, 0.5) is 11.5 Å². The van der Waals surface area contributed by atoms with E-state index in [9.17, 15) is 5.11 Å². The van der Waals surface area contributed by atoms with Crippen molar-refractivity contribution in [1.29, 1.82) is 0 Å². The molecule has 1 atom stereocenters. The molecule has 2 aromatic rings. The van der Waals surface area contributed by atoms with E-state index in [0.29, 0.717) is 16.8 Å². The maximum Gasteiger partial charge on any atom is 0.133 e. The molecule has 4 heteroatoms. The molecule has 0 radical (unpaired) electrons. The maximum atomic E-state index is 9.28. The molecule has 0 bridgehead atoms. The average Bonchev–Trinajstić information content (AvgIpc) is 2.75. The number of aliphatic hydroxyl groups excluding tert-OH is 1. The Morgan fingerprint density at radius 3 is 2.89 bits per heavy atom. The van der Waals surface area contributed by atoms with Crippen molar-refractivity contribution in [3.63, 3.8) is 0 Å². The molecular formula is C15H15ClN2O. The van der Waals surface area contributed by atoms with E-state index < -0.39 is 0 Å². The van der Waals surface area contributed by atoms with E-state index in [0.717, 1.165) is 12.2 Å². The van der Waals surface area contributed by atoms with Crippen LogP contribution in [0.5, 0.6) is 0 Å². The molecule has 0 aliphatic carbocycles. The Morgan fingerprint density at radius 2 is 2.11 bits per heavy atom. The number of fused-ring (bicyclic) bond motifs is 1. The molecular weight excluding hydrogens is 260 g/mol. The smallest absolute Gasteiger partial charge is 0.133 e. The molecule has 3 rings (SSSR count). The quantitative estimate of drug-likeness (QED) is 0.913. The van der Waals surface area contributed by atoms with Gasteiger partial charge < -0.3 is 10.0 Å². The zero-order chi connectivity index (χ0) is 13.4. The van der Waals surface area contributed by atoms with Crippen LogP contribution in [0.1, 0.15) is 18.2 Å². The largest absolute Gasteiger partial charge is 0.390 e. The molecule has 98 valence electrons. The fourth-order valence-electron chi connectivity index (χ4n) is 2.63. The summed E-state index contributed by atoms with van der Waals surface area (Å²) < 4.78 is 0. The molecule has 0 spiro atoms. The Labute approximate surface area is 117 Å². The van der Waals surface area contributed by atoms with Crippen molar-refractivity contribution in [1.82, 2.24) is 4.98 Å². The van der Waals surface area contributed by atoms with Gasteiger partial charge in [0, 0.05) is 11.7 Å². The van der Waals surface area contributed by atoms with E-state index >= 15 is 0 Å². The molecule has 3 nitrogen and oxygen atoms in total. The number of para-hydroxylation sites is 1. The van der Waals surface area contributed by atoms with Gasteiger partial charge in [-0.05, 0) is 37.1 Å². The van der Waals surface area contributed by atoms with Crippen LogP contribution in [0.25, 0.3) is 0 Å². The number of hydrogen-bond acceptors (Lipinski definition) is 3. The number of benzene rings is 1. The summed E-state index contributed by atoms with van der Waals surface area (Å²) in [6.07, 6.45) is 1.01. The molecule has 1 aliphatic heterocycles. The number of pyridine rings is 1. The predicted octanol–water partition coefficient (Wildman–Crippen LogP) is 3.31. The SMILES string of the molecule is CC1Cc2ccccc2N1c1ccc(Cl)c(CO)n1. The normalized spacial score (nSPS) is 17.6. The van der Waals surface area contributed by atoms with Gasteiger partial charge in [-0.15, -0.1) is 0 Å². The Morgan fingerprint density at radius 1 is 1.32 bits per heavy atom. The lowest BCUT2D eigenvalue weighted by Gasteiger charge is -2.24. The second kappa shape index (κ2) is 4.83. The summed E-state index contributed by atoms with van der Waals surface area (Å²) in [5.74, 6) is 0.839. The molecule has 1 aromatic carbocycles. The molecule has 0 saturated carbocycles. The van der Waals surface area contributed by atoms with Gasteiger partial charge in [0.1, 0.15) is 5.82 Å². The Kier molecular flexibility index (Phi) is 3.17. The van der Waals surface area contributed by atoms with Crippen molar-refractivity contribution in [2.45, 2.75) is 26.0 Å². The fourth-order valence-corrected chi connectivity index (χ4v) is 2.80.